The molecule has 0 radical (unpaired) electrons. The second-order valence-electron chi connectivity index (χ2n) is 7.90. The minimum Gasteiger partial charge on any atom is -0.497 e. The van der Waals surface area contributed by atoms with Crippen molar-refractivity contribution < 1.29 is 27.4 Å². The molecule has 4 aromatic rings. The topological polar surface area (TPSA) is 109 Å². The molecule has 4 N–H and O–H groups in total. The molecule has 0 bridgehead atoms. The molecule has 1 aromatic heterocycles. The van der Waals surface area contributed by atoms with Gasteiger partial charge in [-0.2, -0.15) is 4.98 Å². The first-order valence-corrected chi connectivity index (χ1v) is 11.2. The van der Waals surface area contributed by atoms with Crippen LogP contribution in [0.5, 0.6) is 11.5 Å². The van der Waals surface area contributed by atoms with Gasteiger partial charge in [0.05, 0.1) is 12.8 Å². The minimum atomic E-state index is -4.88. The molecule has 38 heavy (non-hydrogen) atoms. The zero-order valence-corrected chi connectivity index (χ0v) is 20.3. The molecule has 2 amide bonds. The molecule has 0 spiro atoms. The number of nitrogens with zero attached hydrogens (tertiary/aromatic N) is 2. The van der Waals surface area contributed by atoms with E-state index in [1.165, 1.54) is 18.2 Å². The van der Waals surface area contributed by atoms with Gasteiger partial charge in [0.1, 0.15) is 11.6 Å². The lowest BCUT2D eigenvalue weighted by Crippen LogP contribution is -2.22. The van der Waals surface area contributed by atoms with E-state index in [1.807, 2.05) is 31.2 Å². The first kappa shape index (κ1) is 26.1. The highest BCUT2D eigenvalue weighted by Crippen LogP contribution is 2.30. The maximum Gasteiger partial charge on any atom is 0.573 e. The molecule has 0 atom stereocenters. The third kappa shape index (κ3) is 7.50. The molecule has 196 valence electrons. The predicted molar refractivity (Wildman–Crippen MR) is 139 cm³/mol. The quantitative estimate of drug-likeness (QED) is 0.200. The fourth-order valence-electron chi connectivity index (χ4n) is 3.34. The van der Waals surface area contributed by atoms with Crippen LogP contribution in [0, 0.1) is 6.92 Å². The number of carbonyl (C=O) groups excluding carboxylic acids is 1. The molecule has 0 aliphatic rings. The Morgan fingerprint density at radius 2 is 1.45 bits per heavy atom. The lowest BCUT2D eigenvalue weighted by atomic mass is 10.2. The second kappa shape index (κ2) is 11.4. The highest BCUT2D eigenvalue weighted by Gasteiger charge is 2.32. The van der Waals surface area contributed by atoms with E-state index in [4.69, 9.17) is 4.74 Å². The van der Waals surface area contributed by atoms with Crippen LogP contribution in [0.15, 0.2) is 78.9 Å². The number of halogens is 3. The van der Waals surface area contributed by atoms with E-state index < -0.39 is 18.1 Å². The van der Waals surface area contributed by atoms with Crippen LogP contribution >= 0.6 is 0 Å². The van der Waals surface area contributed by atoms with Crippen LogP contribution in [0.3, 0.4) is 0 Å². The smallest absolute Gasteiger partial charge is 0.497 e. The normalized spacial score (nSPS) is 10.9. The van der Waals surface area contributed by atoms with Crippen molar-refractivity contribution in [1.29, 1.82) is 0 Å². The van der Waals surface area contributed by atoms with E-state index in [2.05, 4.69) is 36.0 Å². The summed E-state index contributed by atoms with van der Waals surface area (Å²) in [6.07, 6.45) is -4.88. The van der Waals surface area contributed by atoms with Crippen LogP contribution in [0.4, 0.5) is 52.5 Å². The fourth-order valence-corrected chi connectivity index (χ4v) is 3.34. The highest BCUT2D eigenvalue weighted by molar-refractivity contribution is 6.00. The van der Waals surface area contributed by atoms with Gasteiger partial charge in [-0.1, -0.05) is 12.1 Å². The van der Waals surface area contributed by atoms with Gasteiger partial charge in [-0.25, -0.2) is 9.78 Å². The van der Waals surface area contributed by atoms with Gasteiger partial charge < -0.3 is 30.7 Å². The first-order chi connectivity index (χ1) is 18.2. The number of alkyl halides is 3. The molecule has 4 rings (SSSR count). The molecule has 9 nitrogen and oxygen atoms in total. The third-order valence-corrected chi connectivity index (χ3v) is 4.98. The molecule has 0 saturated heterocycles. The standard InChI is InChI=1S/C26H23F3N6O3/c1-16-15-23(31-17-11-13-20(37-2)14-12-17)35-24(30-16)32-18-7-9-19(10-8-18)33-25(36)34-21-5-3-4-6-22(21)38-26(27,28)29/h3-15H,1-2H3,(H2,33,34,36)(H2,30,31,32,35). The van der Waals surface area contributed by atoms with E-state index in [9.17, 15) is 18.0 Å². The molecule has 3 aromatic carbocycles. The summed E-state index contributed by atoms with van der Waals surface area (Å²) >= 11 is 0. The number of rotatable bonds is 8. The average Bonchev–Trinajstić information content (AvgIpc) is 2.86. The number of methoxy groups -OCH3 is 1. The number of urea groups is 1. The van der Waals surface area contributed by atoms with Crippen molar-refractivity contribution in [1.82, 2.24) is 9.97 Å². The number of amides is 2. The zero-order valence-electron chi connectivity index (χ0n) is 20.3. The zero-order chi connectivity index (χ0) is 27.1. The molecule has 0 saturated carbocycles. The molecule has 0 aliphatic carbocycles. The second-order valence-corrected chi connectivity index (χ2v) is 7.90. The molecule has 12 heteroatoms. The Morgan fingerprint density at radius 3 is 2.13 bits per heavy atom. The number of hydrogen-bond donors (Lipinski definition) is 4. The average molecular weight is 525 g/mol. The van der Waals surface area contributed by atoms with Crippen LogP contribution in [-0.2, 0) is 0 Å². The molecule has 0 fully saturated rings. The molecule has 0 unspecified atom stereocenters. The van der Waals surface area contributed by atoms with Crippen molar-refractivity contribution in [2.24, 2.45) is 0 Å². The maximum absolute atomic E-state index is 12.6. The number of ether oxygens (including phenoxy) is 2. The van der Waals surface area contributed by atoms with Gasteiger partial charge in [0.25, 0.3) is 0 Å². The van der Waals surface area contributed by atoms with Crippen LogP contribution < -0.4 is 30.7 Å². The Morgan fingerprint density at radius 1 is 0.816 bits per heavy atom. The van der Waals surface area contributed by atoms with Crippen LogP contribution in [-0.4, -0.2) is 29.5 Å². The molecule has 1 heterocycles. The number of nitrogens with one attached hydrogen (secondary N) is 4. The van der Waals surface area contributed by atoms with E-state index >= 15 is 0 Å². The fraction of sp³-hybridized carbons (Fsp3) is 0.115. The Kier molecular flexibility index (Phi) is 7.80. The Labute approximate surface area is 216 Å². The van der Waals surface area contributed by atoms with Gasteiger partial charge in [0, 0.05) is 28.8 Å². The van der Waals surface area contributed by atoms with E-state index in [0.29, 0.717) is 23.1 Å². The summed E-state index contributed by atoms with van der Waals surface area (Å²) in [5.74, 6) is 1.18. The Bertz CT molecular complexity index is 1400. The molecular weight excluding hydrogens is 501 g/mol. The Hall–Kier alpha value is -5.00. The van der Waals surface area contributed by atoms with Crippen molar-refractivity contribution >= 4 is 40.5 Å². The van der Waals surface area contributed by atoms with Crippen LogP contribution in [0.25, 0.3) is 0 Å². The van der Waals surface area contributed by atoms with Crippen LogP contribution in [0.1, 0.15) is 5.69 Å². The Balaban J connectivity index is 1.37. The minimum absolute atomic E-state index is 0.128. The maximum atomic E-state index is 12.6. The van der Waals surface area contributed by atoms with Crippen molar-refractivity contribution in [2.45, 2.75) is 13.3 Å². The highest BCUT2D eigenvalue weighted by atomic mass is 19.4. The summed E-state index contributed by atoms with van der Waals surface area (Å²) in [7, 11) is 1.60. The monoisotopic (exact) mass is 524 g/mol. The largest absolute Gasteiger partial charge is 0.573 e. The van der Waals surface area contributed by atoms with Gasteiger partial charge in [0.15, 0.2) is 5.75 Å². The predicted octanol–water partition coefficient (Wildman–Crippen LogP) is 6.82. The number of anilines is 6. The molecular formula is C26H23F3N6O3. The van der Waals surface area contributed by atoms with Crippen molar-refractivity contribution in [3.63, 3.8) is 0 Å². The summed E-state index contributed by atoms with van der Waals surface area (Å²) in [6, 6.07) is 20.3. The van der Waals surface area contributed by atoms with E-state index in [0.717, 1.165) is 23.2 Å². The van der Waals surface area contributed by atoms with Crippen molar-refractivity contribution in [3.05, 3.63) is 84.6 Å². The number of hydrogen-bond acceptors (Lipinski definition) is 7. The van der Waals surface area contributed by atoms with Crippen molar-refractivity contribution in [3.8, 4) is 11.5 Å². The summed E-state index contributed by atoms with van der Waals surface area (Å²) in [5.41, 5.74) is 2.51. The summed E-state index contributed by atoms with van der Waals surface area (Å²) < 4.78 is 46.9. The first-order valence-electron chi connectivity index (χ1n) is 11.2. The van der Waals surface area contributed by atoms with Crippen molar-refractivity contribution in [2.75, 3.05) is 28.4 Å². The van der Waals surface area contributed by atoms with E-state index in [1.54, 1.807) is 37.4 Å². The van der Waals surface area contributed by atoms with E-state index in [-0.39, 0.29) is 5.69 Å². The SMILES string of the molecule is COc1ccc(Nc2cc(C)nc(Nc3ccc(NC(=O)Nc4ccccc4OC(F)(F)F)cc3)n2)cc1. The lowest BCUT2D eigenvalue weighted by Gasteiger charge is -2.14. The third-order valence-electron chi connectivity index (χ3n) is 4.98. The summed E-state index contributed by atoms with van der Waals surface area (Å²) in [6.45, 7) is 1.84. The number of para-hydroxylation sites is 2. The number of aryl methyl sites for hydroxylation is 1. The number of aromatic nitrogens is 2. The molecule has 0 aliphatic heterocycles. The summed E-state index contributed by atoms with van der Waals surface area (Å²) in [4.78, 5) is 21.2. The number of carbonyl (C=O) groups is 1. The summed E-state index contributed by atoms with van der Waals surface area (Å²) in [5, 5.41) is 11.2. The number of benzene rings is 3. The van der Waals surface area contributed by atoms with Gasteiger partial charge >= 0.3 is 12.4 Å². The van der Waals surface area contributed by atoms with Crippen LogP contribution in [0.2, 0.25) is 0 Å². The van der Waals surface area contributed by atoms with Gasteiger partial charge in [-0.15, -0.1) is 13.2 Å². The van der Waals surface area contributed by atoms with Gasteiger partial charge in [-0.05, 0) is 67.6 Å². The lowest BCUT2D eigenvalue weighted by molar-refractivity contribution is -0.274. The van der Waals surface area contributed by atoms with Gasteiger partial charge in [-0.3, -0.25) is 0 Å². The van der Waals surface area contributed by atoms with Gasteiger partial charge in [0.2, 0.25) is 5.95 Å².